The van der Waals surface area contributed by atoms with Crippen molar-refractivity contribution in [3.05, 3.63) is 0 Å². The number of methoxy groups -OCH3 is 1. The zero-order chi connectivity index (χ0) is 11.4. The number of sulfonamides is 1. The molecule has 0 bridgehead atoms. The van der Waals surface area contributed by atoms with Gasteiger partial charge in [-0.05, 0) is 20.8 Å². The second kappa shape index (κ2) is 6.65. The van der Waals surface area contributed by atoms with Gasteiger partial charge in [0.1, 0.15) is 0 Å². The van der Waals surface area contributed by atoms with E-state index in [1.807, 2.05) is 0 Å². The topological polar surface area (TPSA) is 81.4 Å². The lowest BCUT2D eigenvalue weighted by molar-refractivity contribution is 0.200. The normalized spacial score (nSPS) is 14.5. The lowest BCUT2D eigenvalue weighted by Crippen LogP contribution is -2.47. The molecule has 1 unspecified atom stereocenters. The summed E-state index contributed by atoms with van der Waals surface area (Å²) in [6.45, 7) is 5.52. The third-order valence-corrected chi connectivity index (χ3v) is 3.40. The molecule has 0 radical (unpaired) electrons. The number of nitrogens with one attached hydrogen (secondary N) is 1. The zero-order valence-electron chi connectivity index (χ0n) is 9.61. The Hall–Kier alpha value is 0.120. The van der Waals surface area contributed by atoms with E-state index in [4.69, 9.17) is 10.5 Å². The van der Waals surface area contributed by atoms with Crippen LogP contribution in [0.5, 0.6) is 0 Å². The van der Waals surface area contributed by atoms with E-state index in [0.29, 0.717) is 0 Å². The minimum atomic E-state index is -3.31. The second-order valence-corrected chi connectivity index (χ2v) is 6.30. The maximum Gasteiger partial charge on any atom is 0.216 e. The standard InChI is InChI=1S/C8H20N2O3S.ClH/c1-7(5-13-4)14(11,12)10-6-8(2,3)9;/h7,10H,5-6,9H2,1-4H3;1H. The van der Waals surface area contributed by atoms with Gasteiger partial charge in [0.05, 0.1) is 11.9 Å². The Morgan fingerprint density at radius 1 is 1.47 bits per heavy atom. The van der Waals surface area contributed by atoms with Crippen molar-refractivity contribution in [1.82, 2.24) is 4.72 Å². The first-order valence-electron chi connectivity index (χ1n) is 4.45. The number of hydrogen-bond donors (Lipinski definition) is 2. The van der Waals surface area contributed by atoms with Crippen molar-refractivity contribution < 1.29 is 13.2 Å². The van der Waals surface area contributed by atoms with E-state index in [2.05, 4.69) is 4.72 Å². The highest BCUT2D eigenvalue weighted by Gasteiger charge is 2.22. The Morgan fingerprint density at radius 2 is 1.93 bits per heavy atom. The molecule has 5 nitrogen and oxygen atoms in total. The average Bonchev–Trinajstić information content (AvgIpc) is 2.00. The molecule has 0 spiro atoms. The molecule has 0 amide bonds. The predicted octanol–water partition coefficient (Wildman–Crippen LogP) is 0.0998. The number of halogens is 1. The van der Waals surface area contributed by atoms with Gasteiger partial charge in [-0.15, -0.1) is 12.4 Å². The van der Waals surface area contributed by atoms with Crippen LogP contribution in [0.1, 0.15) is 20.8 Å². The van der Waals surface area contributed by atoms with E-state index in [0.717, 1.165) is 0 Å². The molecular formula is C8H21ClN2O3S. The van der Waals surface area contributed by atoms with Crippen molar-refractivity contribution in [3.63, 3.8) is 0 Å². The van der Waals surface area contributed by atoms with Crippen LogP contribution in [0, 0.1) is 0 Å². The SMILES string of the molecule is COCC(C)S(=O)(=O)NCC(C)(C)N.Cl. The van der Waals surface area contributed by atoms with Crippen LogP contribution >= 0.6 is 12.4 Å². The van der Waals surface area contributed by atoms with Crippen LogP contribution < -0.4 is 10.5 Å². The molecule has 0 aliphatic carbocycles. The van der Waals surface area contributed by atoms with Crippen molar-refractivity contribution >= 4 is 22.4 Å². The summed E-state index contributed by atoms with van der Waals surface area (Å²) in [5.41, 5.74) is 5.12. The molecule has 3 N–H and O–H groups in total. The summed E-state index contributed by atoms with van der Waals surface area (Å²) in [5, 5.41) is -0.560. The van der Waals surface area contributed by atoms with Gasteiger partial charge in [0.2, 0.25) is 10.0 Å². The monoisotopic (exact) mass is 260 g/mol. The summed E-state index contributed by atoms with van der Waals surface area (Å²) < 4.78 is 30.3. The molecule has 0 aliphatic rings. The Balaban J connectivity index is 0. The van der Waals surface area contributed by atoms with Crippen LogP contribution in [0.15, 0.2) is 0 Å². The first kappa shape index (κ1) is 17.5. The van der Waals surface area contributed by atoms with Gasteiger partial charge in [0, 0.05) is 19.2 Å². The van der Waals surface area contributed by atoms with Crippen LogP contribution in [-0.4, -0.2) is 39.5 Å². The molecule has 7 heteroatoms. The van der Waals surface area contributed by atoms with Crippen LogP contribution in [0.3, 0.4) is 0 Å². The van der Waals surface area contributed by atoms with Gasteiger partial charge in [0.15, 0.2) is 0 Å². The molecule has 0 rings (SSSR count). The summed E-state index contributed by atoms with van der Waals surface area (Å²) in [6.07, 6.45) is 0. The molecule has 1 atom stereocenters. The van der Waals surface area contributed by atoms with Gasteiger partial charge in [-0.2, -0.15) is 0 Å². The number of rotatable bonds is 6. The molecule has 15 heavy (non-hydrogen) atoms. The molecule has 0 aromatic heterocycles. The van der Waals surface area contributed by atoms with E-state index < -0.39 is 20.8 Å². The largest absolute Gasteiger partial charge is 0.383 e. The highest BCUT2D eigenvalue weighted by molar-refractivity contribution is 7.90. The van der Waals surface area contributed by atoms with E-state index in [1.165, 1.54) is 7.11 Å². The molecule has 0 aromatic carbocycles. The second-order valence-electron chi connectivity index (χ2n) is 4.12. The summed E-state index contributed by atoms with van der Waals surface area (Å²) in [6, 6.07) is 0. The maximum atomic E-state index is 11.5. The fourth-order valence-electron chi connectivity index (χ4n) is 0.753. The molecule has 94 valence electrons. The highest BCUT2D eigenvalue weighted by atomic mass is 35.5. The Morgan fingerprint density at radius 3 is 2.27 bits per heavy atom. The fraction of sp³-hybridized carbons (Fsp3) is 1.00. The Kier molecular flexibility index (Phi) is 7.76. The van der Waals surface area contributed by atoms with Crippen molar-refractivity contribution in [2.75, 3.05) is 20.3 Å². The van der Waals surface area contributed by atoms with Gasteiger partial charge in [-0.3, -0.25) is 0 Å². The molecule has 0 heterocycles. The average molecular weight is 261 g/mol. The summed E-state index contributed by atoms with van der Waals surface area (Å²) >= 11 is 0. The lowest BCUT2D eigenvalue weighted by atomic mass is 10.1. The molecular weight excluding hydrogens is 240 g/mol. The van der Waals surface area contributed by atoms with E-state index >= 15 is 0 Å². The first-order chi connectivity index (χ1) is 6.19. The van der Waals surface area contributed by atoms with Gasteiger partial charge < -0.3 is 10.5 Å². The molecule has 0 saturated carbocycles. The summed E-state index contributed by atoms with van der Waals surface area (Å²) in [4.78, 5) is 0. The lowest BCUT2D eigenvalue weighted by Gasteiger charge is -2.20. The van der Waals surface area contributed by atoms with Crippen molar-refractivity contribution in [2.24, 2.45) is 5.73 Å². The minimum absolute atomic E-state index is 0. The smallest absolute Gasteiger partial charge is 0.216 e. The molecule has 0 fully saturated rings. The van der Waals surface area contributed by atoms with Crippen molar-refractivity contribution in [1.29, 1.82) is 0 Å². The highest BCUT2D eigenvalue weighted by Crippen LogP contribution is 2.01. The third kappa shape index (κ3) is 7.98. The number of ether oxygens (including phenoxy) is 1. The van der Waals surface area contributed by atoms with Gasteiger partial charge in [-0.1, -0.05) is 0 Å². The minimum Gasteiger partial charge on any atom is -0.383 e. The summed E-state index contributed by atoms with van der Waals surface area (Å²) in [5.74, 6) is 0. The van der Waals surface area contributed by atoms with E-state index in [1.54, 1.807) is 20.8 Å². The molecule has 0 aliphatic heterocycles. The summed E-state index contributed by atoms with van der Waals surface area (Å²) in [7, 11) is -1.84. The van der Waals surface area contributed by atoms with Crippen LogP contribution in [0.2, 0.25) is 0 Å². The number of hydrogen-bond acceptors (Lipinski definition) is 4. The third-order valence-electron chi connectivity index (χ3n) is 1.66. The molecule has 0 aromatic rings. The quantitative estimate of drug-likeness (QED) is 0.710. The van der Waals surface area contributed by atoms with E-state index in [9.17, 15) is 8.42 Å². The Labute approximate surface area is 98.2 Å². The number of nitrogens with two attached hydrogens (primary N) is 1. The predicted molar refractivity (Wildman–Crippen MR) is 63.8 cm³/mol. The van der Waals surface area contributed by atoms with Crippen molar-refractivity contribution in [2.45, 2.75) is 31.6 Å². The van der Waals surface area contributed by atoms with Crippen LogP contribution in [0.4, 0.5) is 0 Å². The first-order valence-corrected chi connectivity index (χ1v) is 6.00. The van der Waals surface area contributed by atoms with Crippen LogP contribution in [0.25, 0.3) is 0 Å². The van der Waals surface area contributed by atoms with Crippen molar-refractivity contribution in [3.8, 4) is 0 Å². The molecule has 0 saturated heterocycles. The zero-order valence-corrected chi connectivity index (χ0v) is 11.2. The van der Waals surface area contributed by atoms with Crippen LogP contribution in [-0.2, 0) is 14.8 Å². The van der Waals surface area contributed by atoms with Gasteiger partial charge >= 0.3 is 0 Å². The van der Waals surface area contributed by atoms with E-state index in [-0.39, 0.29) is 25.6 Å². The fourth-order valence-corrected chi connectivity index (χ4v) is 1.93. The van der Waals surface area contributed by atoms with Gasteiger partial charge in [-0.25, -0.2) is 13.1 Å². The Bertz CT molecular complexity index is 262. The maximum absolute atomic E-state index is 11.5. The van der Waals surface area contributed by atoms with Gasteiger partial charge in [0.25, 0.3) is 0 Å².